The van der Waals surface area contributed by atoms with Gasteiger partial charge in [0.1, 0.15) is 5.82 Å². The number of hydrogen-bond acceptors (Lipinski definition) is 6. The van der Waals surface area contributed by atoms with Gasteiger partial charge in [0, 0.05) is 41.9 Å². The number of nitrogens with one attached hydrogen (secondary N) is 1. The predicted molar refractivity (Wildman–Crippen MR) is 119 cm³/mol. The van der Waals surface area contributed by atoms with Gasteiger partial charge in [-0.05, 0) is 44.0 Å². The molecule has 1 aromatic carbocycles. The molecule has 1 aliphatic heterocycles. The van der Waals surface area contributed by atoms with Crippen molar-refractivity contribution in [3.8, 4) is 0 Å². The molecule has 1 amide bonds. The highest BCUT2D eigenvalue weighted by molar-refractivity contribution is 6.05. The normalized spacial score (nSPS) is 15.9. The highest BCUT2D eigenvalue weighted by atomic mass is 16.2. The molecule has 0 saturated carbocycles. The molecule has 1 atom stereocenters. The number of aryl methyl sites for hydroxylation is 1. The minimum absolute atomic E-state index is 0.00135. The Morgan fingerprint density at radius 2 is 2.00 bits per heavy atom. The van der Waals surface area contributed by atoms with E-state index >= 15 is 0 Å². The Kier molecular flexibility index (Phi) is 5.00. The Morgan fingerprint density at radius 3 is 2.87 bits per heavy atom. The lowest BCUT2D eigenvalue weighted by molar-refractivity contribution is 0.0734. The third-order valence-corrected chi connectivity index (χ3v) is 5.53. The summed E-state index contributed by atoms with van der Waals surface area (Å²) in [4.78, 5) is 33.1. The van der Waals surface area contributed by atoms with Crippen molar-refractivity contribution >= 4 is 28.3 Å². The van der Waals surface area contributed by atoms with Gasteiger partial charge >= 0.3 is 0 Å². The summed E-state index contributed by atoms with van der Waals surface area (Å²) in [6.07, 6.45) is 8.51. The van der Waals surface area contributed by atoms with Gasteiger partial charge < -0.3 is 10.2 Å². The molecule has 4 heterocycles. The molecule has 0 unspecified atom stereocenters. The summed E-state index contributed by atoms with van der Waals surface area (Å²) in [5.74, 6) is 0.666. The molecule has 5 rings (SSSR count). The summed E-state index contributed by atoms with van der Waals surface area (Å²) < 4.78 is 0. The number of pyridine rings is 2. The van der Waals surface area contributed by atoms with Crippen molar-refractivity contribution in [2.45, 2.75) is 25.8 Å². The number of anilines is 2. The van der Waals surface area contributed by atoms with Crippen molar-refractivity contribution in [2.75, 3.05) is 11.9 Å². The molecule has 7 nitrogen and oxygen atoms in total. The number of hydrogen-bond donors (Lipinski definition) is 1. The summed E-state index contributed by atoms with van der Waals surface area (Å²) >= 11 is 0. The van der Waals surface area contributed by atoms with Crippen LogP contribution >= 0.6 is 0 Å². The second-order valence-electron chi connectivity index (χ2n) is 7.67. The van der Waals surface area contributed by atoms with Crippen LogP contribution in [-0.2, 0) is 0 Å². The Labute approximate surface area is 180 Å². The van der Waals surface area contributed by atoms with E-state index in [9.17, 15) is 4.79 Å². The molecule has 1 aliphatic rings. The number of fused-ring (bicyclic) bond motifs is 1. The van der Waals surface area contributed by atoms with Gasteiger partial charge in [0.15, 0.2) is 0 Å². The van der Waals surface area contributed by atoms with Crippen LogP contribution in [0, 0.1) is 6.92 Å². The van der Waals surface area contributed by atoms with Crippen LogP contribution < -0.4 is 5.32 Å². The second-order valence-corrected chi connectivity index (χ2v) is 7.67. The third kappa shape index (κ3) is 3.82. The molecule has 31 heavy (non-hydrogen) atoms. The van der Waals surface area contributed by atoms with E-state index in [2.05, 4.69) is 20.3 Å². The van der Waals surface area contributed by atoms with Gasteiger partial charge in [0.25, 0.3) is 5.91 Å². The zero-order chi connectivity index (χ0) is 21.2. The largest absolute Gasteiger partial charge is 0.339 e. The first-order valence-electron chi connectivity index (χ1n) is 10.4. The Bertz CT molecular complexity index is 1240. The van der Waals surface area contributed by atoms with Crippen LogP contribution in [0.1, 0.15) is 40.6 Å². The lowest BCUT2D eigenvalue weighted by Crippen LogP contribution is -2.31. The van der Waals surface area contributed by atoms with Gasteiger partial charge in [-0.15, -0.1) is 0 Å². The average Bonchev–Trinajstić information content (AvgIpc) is 3.29. The van der Waals surface area contributed by atoms with Gasteiger partial charge in [-0.2, -0.15) is 0 Å². The molecular weight excluding hydrogens is 388 g/mol. The van der Waals surface area contributed by atoms with E-state index in [1.54, 1.807) is 24.8 Å². The van der Waals surface area contributed by atoms with Gasteiger partial charge in [0.2, 0.25) is 0 Å². The van der Waals surface area contributed by atoms with Crippen molar-refractivity contribution in [2.24, 2.45) is 0 Å². The lowest BCUT2D eigenvalue weighted by atomic mass is 10.1. The number of para-hydroxylation sites is 1. The van der Waals surface area contributed by atoms with Crippen LogP contribution in [0.4, 0.5) is 11.5 Å². The number of nitrogens with zero attached hydrogens (tertiary/aromatic N) is 5. The van der Waals surface area contributed by atoms with E-state index in [0.717, 1.165) is 40.8 Å². The molecule has 0 spiro atoms. The molecule has 0 aliphatic carbocycles. The quantitative estimate of drug-likeness (QED) is 0.535. The number of aromatic nitrogens is 4. The molecule has 4 aromatic rings. The number of carbonyl (C=O) groups is 1. The Hall–Kier alpha value is -3.87. The fourth-order valence-corrected chi connectivity index (χ4v) is 4.20. The summed E-state index contributed by atoms with van der Waals surface area (Å²) in [6, 6.07) is 13.5. The number of carbonyl (C=O) groups excluding carboxylic acids is 1. The number of benzene rings is 1. The summed E-state index contributed by atoms with van der Waals surface area (Å²) in [5, 5.41) is 4.25. The average molecular weight is 410 g/mol. The summed E-state index contributed by atoms with van der Waals surface area (Å²) in [6.45, 7) is 2.66. The van der Waals surface area contributed by atoms with Crippen molar-refractivity contribution in [3.05, 3.63) is 84.2 Å². The van der Waals surface area contributed by atoms with Crippen LogP contribution in [0.2, 0.25) is 0 Å². The minimum Gasteiger partial charge on any atom is -0.339 e. The smallest absolute Gasteiger partial charge is 0.256 e. The zero-order valence-electron chi connectivity index (χ0n) is 17.2. The molecule has 0 bridgehead atoms. The van der Waals surface area contributed by atoms with E-state index in [1.807, 2.05) is 54.3 Å². The molecule has 3 aromatic heterocycles. The van der Waals surface area contributed by atoms with E-state index < -0.39 is 0 Å². The molecule has 154 valence electrons. The van der Waals surface area contributed by atoms with E-state index in [-0.39, 0.29) is 11.9 Å². The minimum atomic E-state index is -0.0752. The maximum absolute atomic E-state index is 13.5. The fraction of sp³-hybridized carbons (Fsp3) is 0.208. The zero-order valence-corrected chi connectivity index (χ0v) is 17.2. The SMILES string of the molecule is Cc1cc(Nc2cnccn2)cc([C@H]2CCCN2C(=O)c2cccc3cccnc23)n1. The van der Waals surface area contributed by atoms with Crippen LogP contribution in [0.5, 0.6) is 0 Å². The highest BCUT2D eigenvalue weighted by Crippen LogP contribution is 2.34. The van der Waals surface area contributed by atoms with Crippen molar-refractivity contribution in [1.29, 1.82) is 0 Å². The van der Waals surface area contributed by atoms with Crippen molar-refractivity contribution in [3.63, 3.8) is 0 Å². The fourth-order valence-electron chi connectivity index (χ4n) is 4.20. The lowest BCUT2D eigenvalue weighted by Gasteiger charge is -2.25. The first kappa shape index (κ1) is 19.1. The molecule has 7 heteroatoms. The second kappa shape index (κ2) is 8.10. The summed E-state index contributed by atoms with van der Waals surface area (Å²) in [5.41, 5.74) is 4.02. The van der Waals surface area contributed by atoms with E-state index in [4.69, 9.17) is 4.98 Å². The highest BCUT2D eigenvalue weighted by Gasteiger charge is 2.32. The molecule has 1 N–H and O–H groups in total. The molecule has 0 radical (unpaired) electrons. The Morgan fingerprint density at radius 1 is 1.10 bits per heavy atom. The number of rotatable bonds is 4. The first-order valence-corrected chi connectivity index (χ1v) is 10.4. The van der Waals surface area contributed by atoms with E-state index in [1.165, 1.54) is 0 Å². The van der Waals surface area contributed by atoms with Gasteiger partial charge in [-0.3, -0.25) is 19.7 Å². The summed E-state index contributed by atoms with van der Waals surface area (Å²) in [7, 11) is 0. The Balaban J connectivity index is 1.47. The molecule has 1 fully saturated rings. The van der Waals surface area contributed by atoms with Crippen LogP contribution in [0.25, 0.3) is 10.9 Å². The standard InChI is InChI=1S/C24H22N6O/c1-16-13-18(29-22-15-25-10-11-26-22)14-20(28-16)21-8-4-12-30(21)24(31)19-7-2-5-17-6-3-9-27-23(17)19/h2-3,5-7,9-11,13-15,21H,4,8,12H2,1H3,(H,26,28,29)/t21-/m1/s1. The maximum atomic E-state index is 13.5. The van der Waals surface area contributed by atoms with Crippen LogP contribution in [0.3, 0.4) is 0 Å². The molecule has 1 saturated heterocycles. The number of amides is 1. The van der Waals surface area contributed by atoms with Gasteiger partial charge in [-0.1, -0.05) is 18.2 Å². The van der Waals surface area contributed by atoms with Crippen LogP contribution in [-0.4, -0.2) is 37.3 Å². The van der Waals surface area contributed by atoms with Crippen molar-refractivity contribution in [1.82, 2.24) is 24.8 Å². The predicted octanol–water partition coefficient (Wildman–Crippen LogP) is 4.45. The first-order chi connectivity index (χ1) is 15.2. The van der Waals surface area contributed by atoms with Gasteiger partial charge in [-0.25, -0.2) is 4.98 Å². The number of likely N-dealkylation sites (tertiary alicyclic amines) is 1. The topological polar surface area (TPSA) is 83.9 Å². The maximum Gasteiger partial charge on any atom is 0.256 e. The monoisotopic (exact) mass is 410 g/mol. The van der Waals surface area contributed by atoms with Gasteiger partial charge in [0.05, 0.1) is 29.0 Å². The van der Waals surface area contributed by atoms with Crippen molar-refractivity contribution < 1.29 is 4.79 Å². The third-order valence-electron chi connectivity index (χ3n) is 5.53. The van der Waals surface area contributed by atoms with Crippen LogP contribution in [0.15, 0.2) is 67.3 Å². The van der Waals surface area contributed by atoms with E-state index in [0.29, 0.717) is 17.9 Å². The molecular formula is C24H22N6O.